The summed E-state index contributed by atoms with van der Waals surface area (Å²) in [5.41, 5.74) is 3.82. The van der Waals surface area contributed by atoms with Crippen molar-refractivity contribution in [1.82, 2.24) is 4.98 Å². The zero-order chi connectivity index (χ0) is 17.8. The number of rotatable bonds is 5. The number of methoxy groups -OCH3 is 1. The first-order chi connectivity index (χ1) is 12.0. The molecule has 0 unspecified atom stereocenters. The number of halogens is 1. The summed E-state index contributed by atoms with van der Waals surface area (Å²) in [5.74, 6) is -0.291. The van der Waals surface area contributed by atoms with E-state index in [1.165, 1.54) is 24.0 Å². The minimum atomic E-state index is -0.291. The molecule has 4 nitrogen and oxygen atoms in total. The van der Waals surface area contributed by atoms with Crippen LogP contribution in [0.1, 0.15) is 10.4 Å². The van der Waals surface area contributed by atoms with E-state index in [9.17, 15) is 4.79 Å². The molecule has 0 amide bonds. The SMILES string of the molecule is COC(=O)Cc1sc(Nc2ccc(C)cc2)nc1-c1ccc(Cl)cc1. The van der Waals surface area contributed by atoms with Gasteiger partial charge in [-0.1, -0.05) is 41.4 Å². The van der Waals surface area contributed by atoms with Gasteiger partial charge < -0.3 is 10.1 Å². The number of anilines is 2. The average Bonchev–Trinajstić information content (AvgIpc) is 2.99. The zero-order valence-corrected chi connectivity index (χ0v) is 15.4. The standard InChI is InChI=1S/C19H17ClN2O2S/c1-12-3-9-15(10-4-12)21-19-22-18(13-5-7-14(20)8-6-13)16(25-19)11-17(23)24-2/h3-10H,11H2,1-2H3,(H,21,22). The third kappa shape index (κ3) is 4.38. The predicted molar refractivity (Wildman–Crippen MR) is 103 cm³/mol. The van der Waals surface area contributed by atoms with Crippen molar-refractivity contribution in [3.63, 3.8) is 0 Å². The highest BCUT2D eigenvalue weighted by Gasteiger charge is 2.16. The Balaban J connectivity index is 1.94. The molecule has 0 saturated heterocycles. The summed E-state index contributed by atoms with van der Waals surface area (Å²) < 4.78 is 4.80. The Labute approximate surface area is 155 Å². The number of carbonyl (C=O) groups is 1. The van der Waals surface area contributed by atoms with Gasteiger partial charge in [0.25, 0.3) is 0 Å². The lowest BCUT2D eigenvalue weighted by atomic mass is 10.1. The number of ether oxygens (including phenoxy) is 1. The number of thiazole rings is 1. The molecule has 1 heterocycles. The van der Waals surface area contributed by atoms with Gasteiger partial charge in [-0.3, -0.25) is 4.79 Å². The first-order valence-electron chi connectivity index (χ1n) is 7.71. The van der Waals surface area contributed by atoms with Crippen LogP contribution in [0.4, 0.5) is 10.8 Å². The molecule has 0 spiro atoms. The summed E-state index contributed by atoms with van der Waals surface area (Å²) >= 11 is 7.41. The van der Waals surface area contributed by atoms with Gasteiger partial charge in [0.15, 0.2) is 5.13 Å². The van der Waals surface area contributed by atoms with Gasteiger partial charge in [-0.2, -0.15) is 0 Å². The molecule has 6 heteroatoms. The van der Waals surface area contributed by atoms with Gasteiger partial charge in [-0.15, -0.1) is 11.3 Å². The monoisotopic (exact) mass is 372 g/mol. The normalized spacial score (nSPS) is 10.5. The highest BCUT2D eigenvalue weighted by atomic mass is 35.5. The Kier molecular flexibility index (Phi) is 5.36. The molecule has 0 bridgehead atoms. The van der Waals surface area contributed by atoms with E-state index in [0.717, 1.165) is 27.0 Å². The van der Waals surface area contributed by atoms with Gasteiger partial charge in [-0.05, 0) is 31.2 Å². The van der Waals surface area contributed by atoms with Gasteiger partial charge in [0, 0.05) is 21.2 Å². The molecule has 0 aliphatic rings. The van der Waals surface area contributed by atoms with Crippen LogP contribution in [0.2, 0.25) is 5.02 Å². The minimum Gasteiger partial charge on any atom is -0.469 e. The third-order valence-corrected chi connectivity index (χ3v) is 4.87. The number of hydrogen-bond acceptors (Lipinski definition) is 5. The lowest BCUT2D eigenvalue weighted by Crippen LogP contribution is -2.03. The van der Waals surface area contributed by atoms with E-state index in [1.807, 2.05) is 55.5 Å². The van der Waals surface area contributed by atoms with E-state index in [1.54, 1.807) is 0 Å². The lowest BCUT2D eigenvalue weighted by molar-refractivity contribution is -0.139. The number of aromatic nitrogens is 1. The predicted octanol–water partition coefficient (Wildman–Crippen LogP) is 5.23. The molecular weight excluding hydrogens is 356 g/mol. The molecule has 3 aromatic rings. The van der Waals surface area contributed by atoms with Gasteiger partial charge in [0.1, 0.15) is 0 Å². The molecule has 128 valence electrons. The van der Waals surface area contributed by atoms with Crippen LogP contribution in [0.15, 0.2) is 48.5 Å². The van der Waals surface area contributed by atoms with Crippen LogP contribution >= 0.6 is 22.9 Å². The maximum Gasteiger partial charge on any atom is 0.310 e. The first kappa shape index (κ1) is 17.5. The number of aryl methyl sites for hydroxylation is 1. The second-order valence-corrected chi connectivity index (χ2v) is 7.06. The van der Waals surface area contributed by atoms with Gasteiger partial charge in [0.2, 0.25) is 0 Å². The molecule has 0 atom stereocenters. The van der Waals surface area contributed by atoms with Crippen molar-refractivity contribution in [3.05, 3.63) is 64.0 Å². The summed E-state index contributed by atoms with van der Waals surface area (Å²) in [5, 5.41) is 4.68. The number of nitrogens with one attached hydrogen (secondary N) is 1. The Bertz CT molecular complexity index is 873. The zero-order valence-electron chi connectivity index (χ0n) is 13.9. The molecule has 1 aromatic heterocycles. The van der Waals surface area contributed by atoms with Crippen LogP contribution in [-0.2, 0) is 16.0 Å². The first-order valence-corrected chi connectivity index (χ1v) is 8.91. The van der Waals surface area contributed by atoms with E-state index < -0.39 is 0 Å². The number of benzene rings is 2. The summed E-state index contributed by atoms with van der Waals surface area (Å²) in [6.07, 6.45) is 0.182. The van der Waals surface area contributed by atoms with Crippen molar-refractivity contribution in [2.24, 2.45) is 0 Å². The topological polar surface area (TPSA) is 51.2 Å². The van der Waals surface area contributed by atoms with E-state index in [0.29, 0.717) is 5.02 Å². The van der Waals surface area contributed by atoms with Crippen LogP contribution in [0, 0.1) is 6.92 Å². The maximum absolute atomic E-state index is 11.7. The highest BCUT2D eigenvalue weighted by Crippen LogP contribution is 2.33. The number of esters is 1. The molecule has 25 heavy (non-hydrogen) atoms. The highest BCUT2D eigenvalue weighted by molar-refractivity contribution is 7.16. The molecular formula is C19H17ClN2O2S. The fourth-order valence-electron chi connectivity index (χ4n) is 2.32. The summed E-state index contributed by atoms with van der Waals surface area (Å²) in [6, 6.07) is 15.5. The van der Waals surface area contributed by atoms with Crippen LogP contribution in [0.3, 0.4) is 0 Å². The largest absolute Gasteiger partial charge is 0.469 e. The van der Waals surface area contributed by atoms with Crippen molar-refractivity contribution >= 4 is 39.7 Å². The van der Waals surface area contributed by atoms with Crippen molar-refractivity contribution in [2.45, 2.75) is 13.3 Å². The molecule has 3 rings (SSSR count). The quantitative estimate of drug-likeness (QED) is 0.623. The van der Waals surface area contributed by atoms with E-state index in [2.05, 4.69) is 10.3 Å². The van der Waals surface area contributed by atoms with Crippen LogP contribution in [0.25, 0.3) is 11.3 Å². The van der Waals surface area contributed by atoms with Crippen molar-refractivity contribution in [2.75, 3.05) is 12.4 Å². The molecule has 0 aliphatic heterocycles. The van der Waals surface area contributed by atoms with Crippen LogP contribution < -0.4 is 5.32 Å². The number of hydrogen-bond donors (Lipinski definition) is 1. The molecule has 0 radical (unpaired) electrons. The molecule has 2 aromatic carbocycles. The van der Waals surface area contributed by atoms with Gasteiger partial charge in [-0.25, -0.2) is 4.98 Å². The van der Waals surface area contributed by atoms with Crippen molar-refractivity contribution in [1.29, 1.82) is 0 Å². The van der Waals surface area contributed by atoms with E-state index >= 15 is 0 Å². The molecule has 0 saturated carbocycles. The number of nitrogens with zero attached hydrogens (tertiary/aromatic N) is 1. The fourth-order valence-corrected chi connectivity index (χ4v) is 3.44. The second-order valence-electron chi connectivity index (χ2n) is 5.54. The van der Waals surface area contributed by atoms with Crippen molar-refractivity contribution < 1.29 is 9.53 Å². The fraction of sp³-hybridized carbons (Fsp3) is 0.158. The average molecular weight is 373 g/mol. The Morgan fingerprint density at radius 1 is 1.16 bits per heavy atom. The Morgan fingerprint density at radius 3 is 2.48 bits per heavy atom. The molecule has 1 N–H and O–H groups in total. The summed E-state index contributed by atoms with van der Waals surface area (Å²) in [6.45, 7) is 2.04. The summed E-state index contributed by atoms with van der Waals surface area (Å²) in [7, 11) is 1.39. The molecule has 0 fully saturated rings. The van der Waals surface area contributed by atoms with E-state index in [-0.39, 0.29) is 12.4 Å². The van der Waals surface area contributed by atoms with Gasteiger partial charge >= 0.3 is 5.97 Å². The second kappa shape index (κ2) is 7.68. The molecule has 0 aliphatic carbocycles. The van der Waals surface area contributed by atoms with Crippen molar-refractivity contribution in [3.8, 4) is 11.3 Å². The lowest BCUT2D eigenvalue weighted by Gasteiger charge is -2.02. The maximum atomic E-state index is 11.7. The van der Waals surface area contributed by atoms with Crippen LogP contribution in [-0.4, -0.2) is 18.1 Å². The third-order valence-electron chi connectivity index (χ3n) is 3.65. The van der Waals surface area contributed by atoms with E-state index in [4.69, 9.17) is 16.3 Å². The van der Waals surface area contributed by atoms with Crippen LogP contribution in [0.5, 0.6) is 0 Å². The summed E-state index contributed by atoms with van der Waals surface area (Å²) in [4.78, 5) is 17.3. The number of carbonyl (C=O) groups excluding carboxylic acids is 1. The smallest absolute Gasteiger partial charge is 0.310 e. The Hall–Kier alpha value is -2.37. The van der Waals surface area contributed by atoms with Gasteiger partial charge in [0.05, 0.1) is 19.2 Å². The Morgan fingerprint density at radius 2 is 1.84 bits per heavy atom. The minimum absolute atomic E-state index is 0.182.